The molecule has 1 aliphatic heterocycles. The van der Waals surface area contributed by atoms with E-state index in [1.165, 1.54) is 0 Å². The molecule has 4 rings (SSSR count). The maximum Gasteiger partial charge on any atom is 0.467 e. The predicted molar refractivity (Wildman–Crippen MR) is 133 cm³/mol. The Hall–Kier alpha value is -2.87. The van der Waals surface area contributed by atoms with Gasteiger partial charge in [-0.15, -0.1) is 0 Å². The van der Waals surface area contributed by atoms with Crippen molar-refractivity contribution >= 4 is 37.7 Å². The van der Waals surface area contributed by atoms with E-state index in [0.29, 0.717) is 0 Å². The van der Waals surface area contributed by atoms with Crippen molar-refractivity contribution in [3.05, 3.63) is 71.3 Å². The Labute approximate surface area is 196 Å². The van der Waals surface area contributed by atoms with Crippen LogP contribution in [0.15, 0.2) is 54.6 Å². The Morgan fingerprint density at radius 2 is 0.758 bits per heavy atom. The topological polar surface area (TPSA) is 55.4 Å². The summed E-state index contributed by atoms with van der Waals surface area (Å²) in [5.41, 5.74) is 5.63. The molecule has 0 N–H and O–H groups in total. The van der Waals surface area contributed by atoms with Crippen molar-refractivity contribution in [3.63, 3.8) is 0 Å². The van der Waals surface area contributed by atoms with Gasteiger partial charge in [0.25, 0.3) is 0 Å². The van der Waals surface area contributed by atoms with E-state index >= 15 is 0 Å². The standard InChI is InChI=1S/C24H27B3O6/c1-16-7-10-19(13-22(16)28-4)25-31-26(20-11-8-17(2)23(14-20)29-5)33-27(32-25)21-12-9-18(3)24(15-21)30-6/h7-15H,1-6H3. The fraction of sp³-hybridized carbons (Fsp3) is 0.250. The summed E-state index contributed by atoms with van der Waals surface area (Å²) in [6.07, 6.45) is 0. The van der Waals surface area contributed by atoms with Crippen molar-refractivity contribution in [1.82, 2.24) is 0 Å². The molecule has 0 unspecified atom stereocenters. The molecule has 1 saturated heterocycles. The molecule has 6 nitrogen and oxygen atoms in total. The first kappa shape index (κ1) is 23.3. The average molecular weight is 444 g/mol. The van der Waals surface area contributed by atoms with Crippen molar-refractivity contribution in [2.24, 2.45) is 0 Å². The number of methoxy groups -OCH3 is 3. The van der Waals surface area contributed by atoms with Crippen LogP contribution in [0, 0.1) is 20.8 Å². The molecule has 3 aromatic carbocycles. The molecule has 1 fully saturated rings. The molecule has 0 aromatic heterocycles. The molecule has 0 saturated carbocycles. The summed E-state index contributed by atoms with van der Waals surface area (Å²) < 4.78 is 35.4. The lowest BCUT2D eigenvalue weighted by molar-refractivity contribution is 0.308. The highest BCUT2D eigenvalue weighted by Crippen LogP contribution is 2.21. The summed E-state index contributed by atoms with van der Waals surface area (Å²) in [5, 5.41) is 0. The van der Waals surface area contributed by atoms with Gasteiger partial charge in [0.2, 0.25) is 0 Å². The highest BCUT2D eigenvalue weighted by atomic mass is 16.7. The van der Waals surface area contributed by atoms with Crippen LogP contribution >= 0.6 is 0 Å². The second-order valence-electron chi connectivity index (χ2n) is 8.09. The number of hydrogen-bond donors (Lipinski definition) is 0. The minimum atomic E-state index is -0.664. The van der Waals surface area contributed by atoms with E-state index in [4.69, 9.17) is 27.9 Å². The molecule has 0 radical (unpaired) electrons. The van der Waals surface area contributed by atoms with Gasteiger partial charge in [0.15, 0.2) is 0 Å². The van der Waals surface area contributed by atoms with Crippen LogP contribution in [0.4, 0.5) is 0 Å². The minimum absolute atomic E-state index is 0.664. The number of hydrogen-bond acceptors (Lipinski definition) is 6. The van der Waals surface area contributed by atoms with Crippen LogP contribution in [0.5, 0.6) is 17.2 Å². The van der Waals surface area contributed by atoms with Crippen molar-refractivity contribution in [2.45, 2.75) is 20.8 Å². The van der Waals surface area contributed by atoms with Gasteiger partial charge in [-0.3, -0.25) is 0 Å². The zero-order chi connectivity index (χ0) is 23.5. The van der Waals surface area contributed by atoms with E-state index in [1.807, 2.05) is 75.4 Å². The summed E-state index contributed by atoms with van der Waals surface area (Å²) in [6, 6.07) is 17.7. The van der Waals surface area contributed by atoms with Gasteiger partial charge in [-0.25, -0.2) is 0 Å². The number of rotatable bonds is 6. The molecule has 1 heterocycles. The van der Waals surface area contributed by atoms with E-state index in [9.17, 15) is 0 Å². The van der Waals surface area contributed by atoms with E-state index < -0.39 is 21.4 Å². The van der Waals surface area contributed by atoms with Crippen LogP contribution in [-0.4, -0.2) is 42.7 Å². The molecule has 9 heteroatoms. The molecule has 3 aromatic rings. The minimum Gasteiger partial charge on any atom is -0.497 e. The molecule has 0 amide bonds. The maximum absolute atomic E-state index is 6.28. The molecular formula is C24H27B3O6. The Kier molecular flexibility index (Phi) is 7.03. The first-order valence-electron chi connectivity index (χ1n) is 10.8. The van der Waals surface area contributed by atoms with Crippen LogP contribution in [0.2, 0.25) is 0 Å². The molecule has 0 spiro atoms. The molecule has 168 valence electrons. The van der Waals surface area contributed by atoms with Gasteiger partial charge in [0.05, 0.1) is 21.3 Å². The quantitative estimate of drug-likeness (QED) is 0.544. The Bertz CT molecular complexity index is 992. The summed E-state index contributed by atoms with van der Waals surface area (Å²) >= 11 is 0. The van der Waals surface area contributed by atoms with Gasteiger partial charge in [-0.1, -0.05) is 36.4 Å². The first-order valence-corrected chi connectivity index (χ1v) is 10.8. The monoisotopic (exact) mass is 444 g/mol. The summed E-state index contributed by atoms with van der Waals surface area (Å²) in [5.74, 6) is 2.31. The molecule has 33 heavy (non-hydrogen) atoms. The number of benzene rings is 3. The molecule has 0 atom stereocenters. The smallest absolute Gasteiger partial charge is 0.467 e. The van der Waals surface area contributed by atoms with E-state index in [0.717, 1.165) is 50.3 Å². The third-order valence-corrected chi connectivity index (χ3v) is 5.85. The Morgan fingerprint density at radius 1 is 0.485 bits per heavy atom. The lowest BCUT2D eigenvalue weighted by atomic mass is 9.61. The largest absolute Gasteiger partial charge is 0.497 e. The molecule has 0 bridgehead atoms. The highest BCUT2D eigenvalue weighted by molar-refractivity contribution is 6.87. The maximum atomic E-state index is 6.28. The van der Waals surface area contributed by atoms with Gasteiger partial charge in [-0.2, -0.15) is 0 Å². The summed E-state index contributed by atoms with van der Waals surface area (Å²) in [7, 11) is 2.97. The average Bonchev–Trinajstić information content (AvgIpc) is 2.84. The zero-order valence-electron chi connectivity index (χ0n) is 19.9. The lowest BCUT2D eigenvalue weighted by Crippen LogP contribution is -2.61. The second-order valence-corrected chi connectivity index (χ2v) is 8.09. The van der Waals surface area contributed by atoms with Crippen LogP contribution in [0.3, 0.4) is 0 Å². The normalized spacial score (nSPS) is 13.8. The van der Waals surface area contributed by atoms with E-state index in [1.54, 1.807) is 21.3 Å². The predicted octanol–water partition coefficient (Wildman–Crippen LogP) is 2.19. The van der Waals surface area contributed by atoms with Gasteiger partial charge in [-0.05, 0) is 72.0 Å². The van der Waals surface area contributed by atoms with Gasteiger partial charge in [0.1, 0.15) is 17.2 Å². The Morgan fingerprint density at radius 3 is 1.00 bits per heavy atom. The van der Waals surface area contributed by atoms with Gasteiger partial charge >= 0.3 is 21.4 Å². The fourth-order valence-corrected chi connectivity index (χ4v) is 3.85. The first-order chi connectivity index (χ1) is 15.9. The SMILES string of the molecule is COc1cc(B2OB(c3ccc(C)c(OC)c3)OB(c3ccc(C)c(OC)c3)O2)ccc1C. The highest BCUT2D eigenvalue weighted by Gasteiger charge is 2.44. The zero-order valence-corrected chi connectivity index (χ0v) is 19.9. The van der Waals surface area contributed by atoms with Gasteiger partial charge < -0.3 is 27.9 Å². The van der Waals surface area contributed by atoms with E-state index in [-0.39, 0.29) is 0 Å². The second kappa shape index (κ2) is 9.95. The third kappa shape index (κ3) is 4.90. The summed E-state index contributed by atoms with van der Waals surface area (Å²) in [4.78, 5) is 0. The lowest BCUT2D eigenvalue weighted by Gasteiger charge is -2.32. The van der Waals surface area contributed by atoms with Gasteiger partial charge in [0, 0.05) is 0 Å². The summed E-state index contributed by atoms with van der Waals surface area (Å²) in [6.45, 7) is 5.99. The van der Waals surface area contributed by atoms with Crippen LogP contribution in [-0.2, 0) is 13.7 Å². The number of ether oxygens (including phenoxy) is 3. The van der Waals surface area contributed by atoms with Crippen molar-refractivity contribution in [1.29, 1.82) is 0 Å². The number of aryl methyl sites for hydroxylation is 3. The van der Waals surface area contributed by atoms with Crippen molar-refractivity contribution in [3.8, 4) is 17.2 Å². The van der Waals surface area contributed by atoms with Crippen molar-refractivity contribution in [2.75, 3.05) is 21.3 Å². The van der Waals surface area contributed by atoms with Crippen LogP contribution < -0.4 is 30.6 Å². The third-order valence-electron chi connectivity index (χ3n) is 5.85. The van der Waals surface area contributed by atoms with Crippen molar-refractivity contribution < 1.29 is 27.9 Å². The molecule has 1 aliphatic rings. The molecule has 0 aliphatic carbocycles. The Balaban J connectivity index is 1.73. The fourth-order valence-electron chi connectivity index (χ4n) is 3.85. The van der Waals surface area contributed by atoms with Crippen LogP contribution in [0.25, 0.3) is 0 Å². The van der Waals surface area contributed by atoms with E-state index in [2.05, 4.69) is 0 Å². The molecular weight excluding hydrogens is 417 g/mol. The van der Waals surface area contributed by atoms with Crippen LogP contribution in [0.1, 0.15) is 16.7 Å².